The fraction of sp³-hybridized carbons (Fsp3) is 0.200. The van der Waals surface area contributed by atoms with Crippen LogP contribution in [-0.2, 0) is 0 Å². The molecule has 0 N–H and O–H groups in total. The smallest absolute Gasteiger partial charge is 0.0685 e. The Kier molecular flexibility index (Phi) is 1.55. The Labute approximate surface area is 56.0 Å². The molecule has 0 aromatic carbocycles. The molecule has 2 heteroatoms. The molecule has 0 nitrogen and oxygen atoms in total. The van der Waals surface area contributed by atoms with Gasteiger partial charge in [0.2, 0.25) is 0 Å². The minimum atomic E-state index is 0.272. The average molecular weight is 179 g/mol. The van der Waals surface area contributed by atoms with E-state index in [4.69, 9.17) is 11.6 Å². The Bertz CT molecular complexity index is 126. The summed E-state index contributed by atoms with van der Waals surface area (Å²) in [6.45, 7) is 0. The van der Waals surface area contributed by atoms with Crippen LogP contribution in [0.3, 0.4) is 0 Å². The van der Waals surface area contributed by atoms with Gasteiger partial charge in [0.05, 0.1) is 4.83 Å². The van der Waals surface area contributed by atoms with Crippen molar-refractivity contribution in [2.24, 2.45) is 0 Å². The number of halogens is 2. The molecule has 0 spiro atoms. The Morgan fingerprint density at radius 3 is 2.57 bits per heavy atom. The van der Waals surface area contributed by atoms with Gasteiger partial charge < -0.3 is 0 Å². The topological polar surface area (TPSA) is 0 Å². The highest BCUT2D eigenvalue weighted by Gasteiger charge is 2.05. The zero-order chi connectivity index (χ0) is 5.28. The maximum Gasteiger partial charge on any atom is 0.0685 e. The predicted octanol–water partition coefficient (Wildman–Crippen LogP) is 2.44. The van der Waals surface area contributed by atoms with Crippen molar-refractivity contribution in [1.82, 2.24) is 0 Å². The monoisotopic (exact) mass is 178 g/mol. The van der Waals surface area contributed by atoms with Crippen molar-refractivity contribution in [3.05, 3.63) is 23.3 Å². The standard InChI is InChI=1S/C5H4BrCl/c6-4-2-1-3-5(4)7/h1-4H. The van der Waals surface area contributed by atoms with E-state index in [1.165, 1.54) is 0 Å². The first-order chi connectivity index (χ1) is 3.30. The normalized spacial score (nSPS) is 28.3. The molecule has 1 aliphatic carbocycles. The Morgan fingerprint density at radius 2 is 2.43 bits per heavy atom. The van der Waals surface area contributed by atoms with Gasteiger partial charge >= 0.3 is 0 Å². The van der Waals surface area contributed by atoms with E-state index in [0.29, 0.717) is 0 Å². The van der Waals surface area contributed by atoms with Crippen LogP contribution in [-0.4, -0.2) is 4.83 Å². The van der Waals surface area contributed by atoms with Crippen molar-refractivity contribution in [3.63, 3.8) is 0 Å². The largest absolute Gasteiger partial charge is 0.0876 e. The lowest BCUT2D eigenvalue weighted by molar-refractivity contribution is 1.46. The maximum absolute atomic E-state index is 5.61. The summed E-state index contributed by atoms with van der Waals surface area (Å²) in [6.07, 6.45) is 5.80. The first kappa shape index (κ1) is 5.39. The second-order valence-corrected chi connectivity index (χ2v) is 2.76. The summed E-state index contributed by atoms with van der Waals surface area (Å²) in [5, 5.41) is 0.861. The number of rotatable bonds is 0. The van der Waals surface area contributed by atoms with Gasteiger partial charge in [0, 0.05) is 5.03 Å². The molecule has 0 aromatic rings. The van der Waals surface area contributed by atoms with Gasteiger partial charge in [-0.3, -0.25) is 0 Å². The third-order valence-electron chi connectivity index (χ3n) is 0.799. The van der Waals surface area contributed by atoms with Gasteiger partial charge in [0.25, 0.3) is 0 Å². The van der Waals surface area contributed by atoms with Gasteiger partial charge in [-0.2, -0.15) is 0 Å². The molecule has 0 fully saturated rings. The molecule has 38 valence electrons. The summed E-state index contributed by atoms with van der Waals surface area (Å²) < 4.78 is 0. The van der Waals surface area contributed by atoms with Gasteiger partial charge in [-0.05, 0) is 6.08 Å². The van der Waals surface area contributed by atoms with Crippen molar-refractivity contribution >= 4 is 27.5 Å². The van der Waals surface area contributed by atoms with Crippen LogP contribution in [0.15, 0.2) is 23.3 Å². The van der Waals surface area contributed by atoms with E-state index in [1.807, 2.05) is 18.2 Å². The predicted molar refractivity (Wildman–Crippen MR) is 35.8 cm³/mol. The van der Waals surface area contributed by atoms with Crippen molar-refractivity contribution in [2.75, 3.05) is 0 Å². The zero-order valence-corrected chi connectivity index (χ0v) is 5.91. The fourth-order valence-corrected chi connectivity index (χ4v) is 0.903. The molecule has 0 amide bonds. The summed E-state index contributed by atoms with van der Waals surface area (Å²) in [5.41, 5.74) is 0. The quantitative estimate of drug-likeness (QED) is 0.501. The van der Waals surface area contributed by atoms with Crippen molar-refractivity contribution in [1.29, 1.82) is 0 Å². The second-order valence-electron chi connectivity index (χ2n) is 1.34. The van der Waals surface area contributed by atoms with Gasteiger partial charge in [-0.15, -0.1) is 0 Å². The third-order valence-corrected chi connectivity index (χ3v) is 2.22. The number of hydrogen-bond donors (Lipinski definition) is 0. The highest BCUT2D eigenvalue weighted by Crippen LogP contribution is 2.22. The van der Waals surface area contributed by atoms with Crippen molar-refractivity contribution < 1.29 is 0 Å². The van der Waals surface area contributed by atoms with Crippen LogP contribution in [0.5, 0.6) is 0 Å². The van der Waals surface area contributed by atoms with E-state index in [-0.39, 0.29) is 4.83 Å². The molecule has 0 aromatic heterocycles. The lowest BCUT2D eigenvalue weighted by atomic mass is 10.5. The highest BCUT2D eigenvalue weighted by atomic mass is 79.9. The summed E-state index contributed by atoms with van der Waals surface area (Å²) in [5.74, 6) is 0. The summed E-state index contributed by atoms with van der Waals surface area (Å²) in [6, 6.07) is 0. The SMILES string of the molecule is ClC1=CC=CC1Br. The fourth-order valence-electron chi connectivity index (χ4n) is 0.429. The number of hydrogen-bond acceptors (Lipinski definition) is 0. The zero-order valence-electron chi connectivity index (χ0n) is 3.57. The molecule has 0 heterocycles. The van der Waals surface area contributed by atoms with Gasteiger partial charge in [-0.25, -0.2) is 0 Å². The Balaban J connectivity index is 2.69. The molecule has 7 heavy (non-hydrogen) atoms. The van der Waals surface area contributed by atoms with Crippen molar-refractivity contribution in [2.45, 2.75) is 4.83 Å². The van der Waals surface area contributed by atoms with Crippen LogP contribution in [0.4, 0.5) is 0 Å². The van der Waals surface area contributed by atoms with E-state index in [2.05, 4.69) is 15.9 Å². The van der Waals surface area contributed by atoms with Gasteiger partial charge in [0.15, 0.2) is 0 Å². The summed E-state index contributed by atoms with van der Waals surface area (Å²) in [7, 11) is 0. The lowest BCUT2D eigenvalue weighted by Gasteiger charge is -1.91. The molecule has 0 radical (unpaired) electrons. The number of alkyl halides is 1. The maximum atomic E-state index is 5.61. The summed E-state index contributed by atoms with van der Waals surface area (Å²) in [4.78, 5) is 0.272. The van der Waals surface area contributed by atoms with Crippen LogP contribution in [0.1, 0.15) is 0 Å². The molecule has 0 bridgehead atoms. The van der Waals surface area contributed by atoms with Crippen LogP contribution >= 0.6 is 27.5 Å². The average Bonchev–Trinajstić information content (AvgIpc) is 1.91. The first-order valence-electron chi connectivity index (χ1n) is 1.98. The Morgan fingerprint density at radius 1 is 1.71 bits per heavy atom. The molecule has 1 rings (SSSR count). The van der Waals surface area contributed by atoms with E-state index in [9.17, 15) is 0 Å². The molecule has 0 saturated heterocycles. The van der Waals surface area contributed by atoms with Gasteiger partial charge in [-0.1, -0.05) is 39.7 Å². The molecular formula is C5H4BrCl. The molecule has 0 saturated carbocycles. The number of allylic oxidation sites excluding steroid dienone is 4. The van der Waals surface area contributed by atoms with E-state index < -0.39 is 0 Å². The minimum Gasteiger partial charge on any atom is -0.0876 e. The van der Waals surface area contributed by atoms with Crippen LogP contribution in [0, 0.1) is 0 Å². The molecule has 1 aliphatic rings. The molecule has 1 unspecified atom stereocenters. The molecular weight excluding hydrogens is 175 g/mol. The van der Waals surface area contributed by atoms with Crippen LogP contribution in [0.2, 0.25) is 0 Å². The van der Waals surface area contributed by atoms with Gasteiger partial charge in [0.1, 0.15) is 0 Å². The molecule has 0 aliphatic heterocycles. The van der Waals surface area contributed by atoms with Crippen molar-refractivity contribution in [3.8, 4) is 0 Å². The van der Waals surface area contributed by atoms with E-state index >= 15 is 0 Å². The van der Waals surface area contributed by atoms with Crippen LogP contribution in [0.25, 0.3) is 0 Å². The Hall–Kier alpha value is 0.250. The summed E-state index contributed by atoms with van der Waals surface area (Å²) >= 11 is 8.93. The van der Waals surface area contributed by atoms with Crippen LogP contribution < -0.4 is 0 Å². The first-order valence-corrected chi connectivity index (χ1v) is 3.28. The van der Waals surface area contributed by atoms with E-state index in [0.717, 1.165) is 5.03 Å². The lowest BCUT2D eigenvalue weighted by Crippen LogP contribution is -1.83. The minimum absolute atomic E-state index is 0.272. The second kappa shape index (κ2) is 2.01. The third kappa shape index (κ3) is 1.07. The molecule has 1 atom stereocenters. The highest BCUT2D eigenvalue weighted by molar-refractivity contribution is 9.09. The van der Waals surface area contributed by atoms with E-state index in [1.54, 1.807) is 0 Å².